The van der Waals surface area contributed by atoms with Gasteiger partial charge in [0.15, 0.2) is 6.61 Å². The van der Waals surface area contributed by atoms with Gasteiger partial charge >= 0.3 is 5.97 Å². The Morgan fingerprint density at radius 1 is 0.960 bits per heavy atom. The van der Waals surface area contributed by atoms with Crippen molar-refractivity contribution in [2.45, 2.75) is 0 Å². The predicted octanol–water partition coefficient (Wildman–Crippen LogP) is 2.36. The van der Waals surface area contributed by atoms with Crippen molar-refractivity contribution in [3.8, 4) is 0 Å². The fourth-order valence-electron chi connectivity index (χ4n) is 1.75. The third-order valence-electron chi connectivity index (χ3n) is 2.98. The molecule has 2 amide bonds. The summed E-state index contributed by atoms with van der Waals surface area (Å²) < 4.78 is 4.77. The molecule has 0 aliphatic rings. The number of hydrogen-bond donors (Lipinski definition) is 2. The summed E-state index contributed by atoms with van der Waals surface area (Å²) in [4.78, 5) is 34.8. The second-order valence-electron chi connectivity index (χ2n) is 4.86. The van der Waals surface area contributed by atoms with Crippen molar-refractivity contribution in [3.05, 3.63) is 76.8 Å². The minimum atomic E-state index is -0.681. The number of hydrazine groups is 1. The first-order valence-corrected chi connectivity index (χ1v) is 7.67. The van der Waals surface area contributed by atoms with Gasteiger partial charge in [0.25, 0.3) is 11.8 Å². The van der Waals surface area contributed by atoms with Crippen molar-refractivity contribution in [1.82, 2.24) is 10.9 Å². The van der Waals surface area contributed by atoms with Gasteiger partial charge in [-0.2, -0.15) is 0 Å². The molecule has 0 saturated heterocycles. The van der Waals surface area contributed by atoms with E-state index in [4.69, 9.17) is 16.3 Å². The van der Waals surface area contributed by atoms with Crippen molar-refractivity contribution in [3.63, 3.8) is 0 Å². The van der Waals surface area contributed by atoms with Crippen LogP contribution >= 0.6 is 11.6 Å². The first-order chi connectivity index (χ1) is 12.0. The monoisotopic (exact) mass is 358 g/mol. The second kappa shape index (κ2) is 9.24. The highest BCUT2D eigenvalue weighted by atomic mass is 35.5. The minimum absolute atomic E-state index is 0.394. The summed E-state index contributed by atoms with van der Waals surface area (Å²) in [6.45, 7) is -0.515. The Morgan fingerprint density at radius 2 is 1.64 bits per heavy atom. The van der Waals surface area contributed by atoms with Gasteiger partial charge in [0.1, 0.15) is 0 Å². The number of halogens is 1. The first-order valence-electron chi connectivity index (χ1n) is 7.29. The van der Waals surface area contributed by atoms with Crippen LogP contribution in [0.4, 0.5) is 0 Å². The normalized spacial score (nSPS) is 10.3. The highest BCUT2D eigenvalue weighted by molar-refractivity contribution is 6.30. The number of hydrogen-bond acceptors (Lipinski definition) is 4. The van der Waals surface area contributed by atoms with Crippen LogP contribution in [0.1, 0.15) is 15.9 Å². The van der Waals surface area contributed by atoms with Crippen LogP contribution in [0.25, 0.3) is 6.08 Å². The maximum Gasteiger partial charge on any atom is 0.331 e. The molecule has 0 radical (unpaired) electrons. The SMILES string of the molecule is O=C(COC(=O)C=Cc1ccc(Cl)cc1)NNC(=O)c1ccccc1. The lowest BCUT2D eigenvalue weighted by atomic mass is 10.2. The number of ether oxygens (including phenoxy) is 1. The quantitative estimate of drug-likeness (QED) is 0.488. The van der Waals surface area contributed by atoms with E-state index in [9.17, 15) is 14.4 Å². The topological polar surface area (TPSA) is 84.5 Å². The minimum Gasteiger partial charge on any atom is -0.452 e. The van der Waals surface area contributed by atoms with E-state index in [2.05, 4.69) is 10.9 Å². The molecule has 0 atom stereocenters. The molecule has 2 aromatic carbocycles. The summed E-state index contributed by atoms with van der Waals surface area (Å²) >= 11 is 5.76. The molecule has 0 spiro atoms. The predicted molar refractivity (Wildman–Crippen MR) is 93.5 cm³/mol. The van der Waals surface area contributed by atoms with Gasteiger partial charge in [-0.3, -0.25) is 20.4 Å². The first kappa shape index (κ1) is 18.2. The van der Waals surface area contributed by atoms with Gasteiger partial charge < -0.3 is 4.74 Å². The molecular weight excluding hydrogens is 344 g/mol. The van der Waals surface area contributed by atoms with Crippen LogP contribution in [0.3, 0.4) is 0 Å². The lowest BCUT2D eigenvalue weighted by molar-refractivity contribution is -0.144. The number of carbonyl (C=O) groups excluding carboxylic acids is 3. The number of esters is 1. The Labute approximate surface area is 149 Å². The molecule has 128 valence electrons. The fraction of sp³-hybridized carbons (Fsp3) is 0.0556. The summed E-state index contributed by atoms with van der Waals surface area (Å²) in [5, 5.41) is 0.592. The molecule has 0 saturated carbocycles. The molecule has 0 aliphatic carbocycles. The fourth-order valence-corrected chi connectivity index (χ4v) is 1.87. The van der Waals surface area contributed by atoms with E-state index >= 15 is 0 Å². The van der Waals surface area contributed by atoms with E-state index in [0.29, 0.717) is 10.6 Å². The standard InChI is InChI=1S/C18H15ClN2O4/c19-15-9-6-13(7-10-15)8-11-17(23)25-12-16(22)20-21-18(24)14-4-2-1-3-5-14/h1-11H,12H2,(H,20,22)(H,21,24). The zero-order chi connectivity index (χ0) is 18.1. The average Bonchev–Trinajstić information content (AvgIpc) is 2.64. The molecule has 2 N–H and O–H groups in total. The van der Waals surface area contributed by atoms with Crippen LogP contribution in [-0.2, 0) is 14.3 Å². The van der Waals surface area contributed by atoms with Crippen molar-refractivity contribution >= 4 is 35.5 Å². The van der Waals surface area contributed by atoms with Crippen LogP contribution in [-0.4, -0.2) is 24.4 Å². The van der Waals surface area contributed by atoms with Gasteiger partial charge in [-0.05, 0) is 35.9 Å². The van der Waals surface area contributed by atoms with Crippen LogP contribution in [0.15, 0.2) is 60.7 Å². The van der Waals surface area contributed by atoms with Gasteiger partial charge in [0.2, 0.25) is 0 Å². The maximum absolute atomic E-state index is 11.7. The molecule has 25 heavy (non-hydrogen) atoms. The van der Waals surface area contributed by atoms with Gasteiger partial charge in [0.05, 0.1) is 0 Å². The smallest absolute Gasteiger partial charge is 0.331 e. The molecule has 0 aliphatic heterocycles. The Balaban J connectivity index is 1.71. The summed E-state index contributed by atoms with van der Waals surface area (Å²) in [7, 11) is 0. The second-order valence-corrected chi connectivity index (χ2v) is 5.30. The summed E-state index contributed by atoms with van der Waals surface area (Å²) in [5.41, 5.74) is 5.55. The van der Waals surface area contributed by atoms with Gasteiger partial charge in [0, 0.05) is 16.7 Å². The largest absolute Gasteiger partial charge is 0.452 e. The highest BCUT2D eigenvalue weighted by Gasteiger charge is 2.08. The van der Waals surface area contributed by atoms with Crippen LogP contribution in [0.2, 0.25) is 5.02 Å². The van der Waals surface area contributed by atoms with E-state index in [1.807, 2.05) is 0 Å². The molecule has 0 aromatic heterocycles. The van der Waals surface area contributed by atoms with Gasteiger partial charge in [-0.1, -0.05) is 41.9 Å². The molecule has 0 heterocycles. The Kier molecular flexibility index (Phi) is 6.74. The molecular formula is C18H15ClN2O4. The Morgan fingerprint density at radius 3 is 2.32 bits per heavy atom. The molecule has 7 heteroatoms. The summed E-state index contributed by atoms with van der Waals surface area (Å²) in [6, 6.07) is 15.2. The van der Waals surface area contributed by atoms with Crippen molar-refractivity contribution in [1.29, 1.82) is 0 Å². The average molecular weight is 359 g/mol. The van der Waals surface area contributed by atoms with E-state index < -0.39 is 24.4 Å². The highest BCUT2D eigenvalue weighted by Crippen LogP contribution is 2.10. The lowest BCUT2D eigenvalue weighted by Crippen LogP contribution is -2.43. The third-order valence-corrected chi connectivity index (χ3v) is 3.23. The lowest BCUT2D eigenvalue weighted by Gasteiger charge is -2.07. The zero-order valence-electron chi connectivity index (χ0n) is 13.1. The van der Waals surface area contributed by atoms with Crippen molar-refractivity contribution < 1.29 is 19.1 Å². The molecule has 0 unspecified atom stereocenters. The van der Waals surface area contributed by atoms with E-state index in [-0.39, 0.29) is 0 Å². The number of benzene rings is 2. The Hall–Kier alpha value is -3.12. The van der Waals surface area contributed by atoms with E-state index in [0.717, 1.165) is 5.56 Å². The third kappa shape index (κ3) is 6.48. The van der Waals surface area contributed by atoms with E-state index in [1.54, 1.807) is 54.6 Å². The number of nitrogens with one attached hydrogen (secondary N) is 2. The van der Waals surface area contributed by atoms with Crippen molar-refractivity contribution in [2.75, 3.05) is 6.61 Å². The summed E-state index contributed by atoms with van der Waals surface area (Å²) in [5.74, 6) is -1.81. The van der Waals surface area contributed by atoms with E-state index in [1.165, 1.54) is 12.2 Å². The number of amides is 2. The molecule has 6 nitrogen and oxygen atoms in total. The maximum atomic E-state index is 11.7. The Bertz CT molecular complexity index is 773. The van der Waals surface area contributed by atoms with Gasteiger partial charge in [-0.25, -0.2) is 4.79 Å². The summed E-state index contributed by atoms with van der Waals surface area (Å²) in [6.07, 6.45) is 2.73. The van der Waals surface area contributed by atoms with Crippen LogP contribution in [0, 0.1) is 0 Å². The number of carbonyl (C=O) groups is 3. The molecule has 2 rings (SSSR count). The van der Waals surface area contributed by atoms with Crippen LogP contribution < -0.4 is 10.9 Å². The van der Waals surface area contributed by atoms with Crippen molar-refractivity contribution in [2.24, 2.45) is 0 Å². The zero-order valence-corrected chi connectivity index (χ0v) is 13.8. The molecule has 2 aromatic rings. The van der Waals surface area contributed by atoms with Gasteiger partial charge in [-0.15, -0.1) is 0 Å². The van der Waals surface area contributed by atoms with Crippen LogP contribution in [0.5, 0.6) is 0 Å². The number of rotatable bonds is 5. The molecule has 0 bridgehead atoms. The molecule has 0 fully saturated rings.